The Morgan fingerprint density at radius 1 is 1.30 bits per heavy atom. The first-order valence-electron chi connectivity index (χ1n) is 7.14. The molecule has 2 saturated heterocycles. The van der Waals surface area contributed by atoms with E-state index < -0.39 is 0 Å². The Morgan fingerprint density at radius 3 is 2.80 bits per heavy atom. The summed E-state index contributed by atoms with van der Waals surface area (Å²) in [5, 5.41) is 3.97. The maximum atomic E-state index is 12.1. The number of halogens is 1. The van der Waals surface area contributed by atoms with E-state index in [1.54, 1.807) is 0 Å². The van der Waals surface area contributed by atoms with Crippen molar-refractivity contribution >= 4 is 17.5 Å². The summed E-state index contributed by atoms with van der Waals surface area (Å²) in [5.74, 6) is 0.138. The average Bonchev–Trinajstić information content (AvgIpc) is 2.83. The number of nitrogens with one attached hydrogen (secondary N) is 1. The number of ether oxygens (including phenoxy) is 1. The maximum Gasteiger partial charge on any atom is 0.238 e. The summed E-state index contributed by atoms with van der Waals surface area (Å²) < 4.78 is 5.75. The Bertz CT molecular complexity index is 471. The standard InChI is InChI=1S/C15H19ClN2O2/c16-12-6-4-11(5-7-12)15-17-9-14(19)18(15)10-13-3-1-2-8-20-13/h4-7,13,15,17H,1-3,8-10H2. The number of benzene rings is 1. The lowest BCUT2D eigenvalue weighted by Crippen LogP contribution is -2.39. The molecule has 2 heterocycles. The molecule has 1 aromatic carbocycles. The molecule has 0 radical (unpaired) electrons. The number of hydrogen-bond donors (Lipinski definition) is 1. The summed E-state index contributed by atoms with van der Waals surface area (Å²) in [4.78, 5) is 14.0. The summed E-state index contributed by atoms with van der Waals surface area (Å²) in [6.45, 7) is 1.87. The number of nitrogens with zero attached hydrogens (tertiary/aromatic N) is 1. The van der Waals surface area contributed by atoms with Gasteiger partial charge in [0.05, 0.1) is 12.6 Å². The van der Waals surface area contributed by atoms with E-state index in [2.05, 4.69) is 5.32 Å². The third kappa shape index (κ3) is 2.97. The van der Waals surface area contributed by atoms with E-state index in [0.29, 0.717) is 18.1 Å². The van der Waals surface area contributed by atoms with E-state index in [1.165, 1.54) is 6.42 Å². The molecule has 2 atom stereocenters. The number of carbonyl (C=O) groups excluding carboxylic acids is 1. The SMILES string of the molecule is O=C1CNC(c2ccc(Cl)cc2)N1CC1CCCCO1. The minimum atomic E-state index is -0.0645. The van der Waals surface area contributed by atoms with E-state index in [4.69, 9.17) is 16.3 Å². The minimum absolute atomic E-state index is 0.0645. The van der Waals surface area contributed by atoms with Gasteiger partial charge in [-0.25, -0.2) is 0 Å². The van der Waals surface area contributed by atoms with Gasteiger partial charge in [0.15, 0.2) is 0 Å². The third-order valence-electron chi connectivity index (χ3n) is 3.94. The van der Waals surface area contributed by atoms with Gasteiger partial charge in [0.1, 0.15) is 6.17 Å². The van der Waals surface area contributed by atoms with Crippen LogP contribution in [0.25, 0.3) is 0 Å². The molecule has 0 aromatic heterocycles. The van der Waals surface area contributed by atoms with Gasteiger partial charge in [0.2, 0.25) is 5.91 Å². The first-order chi connectivity index (χ1) is 9.74. The zero-order chi connectivity index (χ0) is 13.9. The first-order valence-corrected chi connectivity index (χ1v) is 7.52. The largest absolute Gasteiger partial charge is 0.376 e. The van der Waals surface area contributed by atoms with Crippen molar-refractivity contribution in [3.63, 3.8) is 0 Å². The summed E-state index contributed by atoms with van der Waals surface area (Å²) >= 11 is 5.92. The molecule has 2 aliphatic rings. The van der Waals surface area contributed by atoms with Crippen LogP contribution in [0.5, 0.6) is 0 Å². The van der Waals surface area contributed by atoms with Crippen molar-refractivity contribution in [2.24, 2.45) is 0 Å². The van der Waals surface area contributed by atoms with Gasteiger partial charge in [-0.15, -0.1) is 0 Å². The van der Waals surface area contributed by atoms with Crippen LogP contribution in [-0.2, 0) is 9.53 Å². The fraction of sp³-hybridized carbons (Fsp3) is 0.533. The normalized spacial score (nSPS) is 27.1. The van der Waals surface area contributed by atoms with Crippen molar-refractivity contribution in [3.05, 3.63) is 34.9 Å². The average molecular weight is 295 g/mol. The summed E-state index contributed by atoms with van der Waals surface area (Å²) in [6, 6.07) is 7.65. The molecule has 1 N–H and O–H groups in total. The highest BCUT2D eigenvalue weighted by molar-refractivity contribution is 6.30. The summed E-state index contributed by atoms with van der Waals surface area (Å²) in [5.41, 5.74) is 1.07. The van der Waals surface area contributed by atoms with Gasteiger partial charge >= 0.3 is 0 Å². The molecule has 0 spiro atoms. The first kappa shape index (κ1) is 13.9. The highest BCUT2D eigenvalue weighted by Gasteiger charge is 2.33. The Balaban J connectivity index is 1.72. The minimum Gasteiger partial charge on any atom is -0.376 e. The number of rotatable bonds is 3. The van der Waals surface area contributed by atoms with Gasteiger partial charge in [0.25, 0.3) is 0 Å². The lowest BCUT2D eigenvalue weighted by molar-refractivity contribution is -0.130. The molecule has 4 nitrogen and oxygen atoms in total. The third-order valence-corrected chi connectivity index (χ3v) is 4.19. The summed E-state index contributed by atoms with van der Waals surface area (Å²) in [6.07, 6.45) is 3.46. The Labute approximate surface area is 124 Å². The zero-order valence-electron chi connectivity index (χ0n) is 11.3. The van der Waals surface area contributed by atoms with Crippen molar-refractivity contribution in [1.29, 1.82) is 0 Å². The van der Waals surface area contributed by atoms with Crippen LogP contribution in [0.3, 0.4) is 0 Å². The predicted octanol–water partition coefficient (Wildman–Crippen LogP) is 2.34. The second-order valence-corrected chi connectivity index (χ2v) is 5.81. The molecule has 1 amide bonds. The molecule has 2 fully saturated rings. The van der Waals surface area contributed by atoms with Gasteiger partial charge in [-0.1, -0.05) is 23.7 Å². The second kappa shape index (κ2) is 6.12. The van der Waals surface area contributed by atoms with E-state index in [9.17, 15) is 4.79 Å². The highest BCUT2D eigenvalue weighted by atomic mass is 35.5. The molecule has 2 aliphatic heterocycles. The molecule has 1 aromatic rings. The van der Waals surface area contributed by atoms with Crippen LogP contribution in [0.2, 0.25) is 5.02 Å². The highest BCUT2D eigenvalue weighted by Crippen LogP contribution is 2.25. The van der Waals surface area contributed by atoms with Crippen LogP contribution in [0.4, 0.5) is 0 Å². The topological polar surface area (TPSA) is 41.6 Å². The molecule has 108 valence electrons. The Kier molecular flexibility index (Phi) is 4.24. The van der Waals surface area contributed by atoms with Crippen LogP contribution in [0.15, 0.2) is 24.3 Å². The molecular weight excluding hydrogens is 276 g/mol. The fourth-order valence-corrected chi connectivity index (χ4v) is 2.99. The number of amides is 1. The smallest absolute Gasteiger partial charge is 0.238 e. The van der Waals surface area contributed by atoms with Gasteiger partial charge < -0.3 is 9.64 Å². The van der Waals surface area contributed by atoms with E-state index in [0.717, 1.165) is 25.0 Å². The van der Waals surface area contributed by atoms with Crippen LogP contribution in [-0.4, -0.2) is 36.6 Å². The van der Waals surface area contributed by atoms with Crippen molar-refractivity contribution in [2.45, 2.75) is 31.5 Å². The van der Waals surface area contributed by atoms with E-state index in [-0.39, 0.29) is 18.2 Å². The molecule has 0 bridgehead atoms. The number of hydrogen-bond acceptors (Lipinski definition) is 3. The molecule has 2 unspecified atom stereocenters. The Morgan fingerprint density at radius 2 is 2.10 bits per heavy atom. The monoisotopic (exact) mass is 294 g/mol. The number of carbonyl (C=O) groups is 1. The molecule has 0 aliphatic carbocycles. The molecule has 20 heavy (non-hydrogen) atoms. The van der Waals surface area contributed by atoms with Crippen molar-refractivity contribution in [1.82, 2.24) is 10.2 Å². The molecule has 0 saturated carbocycles. The fourth-order valence-electron chi connectivity index (χ4n) is 2.86. The predicted molar refractivity (Wildman–Crippen MR) is 77.5 cm³/mol. The molecule has 5 heteroatoms. The lowest BCUT2D eigenvalue weighted by atomic mass is 10.1. The molecule has 3 rings (SSSR count). The van der Waals surface area contributed by atoms with E-state index in [1.807, 2.05) is 29.2 Å². The van der Waals surface area contributed by atoms with Gasteiger partial charge in [-0.2, -0.15) is 0 Å². The van der Waals surface area contributed by atoms with Crippen molar-refractivity contribution < 1.29 is 9.53 Å². The van der Waals surface area contributed by atoms with E-state index >= 15 is 0 Å². The second-order valence-electron chi connectivity index (χ2n) is 5.37. The quantitative estimate of drug-likeness (QED) is 0.930. The molecular formula is C15H19ClN2O2. The zero-order valence-corrected chi connectivity index (χ0v) is 12.1. The van der Waals surface area contributed by atoms with Crippen molar-refractivity contribution in [3.8, 4) is 0 Å². The van der Waals surface area contributed by atoms with Crippen LogP contribution < -0.4 is 5.32 Å². The van der Waals surface area contributed by atoms with Crippen LogP contribution in [0, 0.1) is 0 Å². The van der Waals surface area contributed by atoms with Crippen LogP contribution >= 0.6 is 11.6 Å². The Hall–Kier alpha value is -1.10. The van der Waals surface area contributed by atoms with Gasteiger partial charge in [-0.3, -0.25) is 10.1 Å². The lowest BCUT2D eigenvalue weighted by Gasteiger charge is -2.31. The van der Waals surface area contributed by atoms with Crippen molar-refractivity contribution in [2.75, 3.05) is 19.7 Å². The summed E-state index contributed by atoms with van der Waals surface area (Å²) in [7, 11) is 0. The van der Waals surface area contributed by atoms with Crippen LogP contribution in [0.1, 0.15) is 31.0 Å². The maximum absolute atomic E-state index is 12.1. The van der Waals surface area contributed by atoms with Gasteiger partial charge in [-0.05, 0) is 37.0 Å². The van der Waals surface area contributed by atoms with Gasteiger partial charge in [0, 0.05) is 18.2 Å².